The van der Waals surface area contributed by atoms with Gasteiger partial charge in [0.2, 0.25) is 5.91 Å². The summed E-state index contributed by atoms with van der Waals surface area (Å²) in [5, 5.41) is 6.19. The molecule has 1 aliphatic rings. The molecular formula is C11H25Cl2N3O. The van der Waals surface area contributed by atoms with Crippen LogP contribution in [0.25, 0.3) is 0 Å². The molecule has 6 heteroatoms. The quantitative estimate of drug-likeness (QED) is 0.789. The molecule has 0 aromatic rings. The van der Waals surface area contributed by atoms with Crippen LogP contribution in [0.2, 0.25) is 0 Å². The Morgan fingerprint density at radius 3 is 2.59 bits per heavy atom. The van der Waals surface area contributed by atoms with Crippen molar-refractivity contribution >= 4 is 30.7 Å². The van der Waals surface area contributed by atoms with Gasteiger partial charge in [-0.25, -0.2) is 0 Å². The molecule has 2 N–H and O–H groups in total. The predicted molar refractivity (Wildman–Crippen MR) is 76.2 cm³/mol. The molecule has 0 spiro atoms. The summed E-state index contributed by atoms with van der Waals surface area (Å²) in [6, 6.07) is 0.537. The Bertz CT molecular complexity index is 209. The van der Waals surface area contributed by atoms with Gasteiger partial charge in [-0.05, 0) is 33.9 Å². The highest BCUT2D eigenvalue weighted by Gasteiger charge is 2.21. The van der Waals surface area contributed by atoms with Crippen molar-refractivity contribution in [3.8, 4) is 0 Å². The van der Waals surface area contributed by atoms with E-state index in [0.717, 1.165) is 32.6 Å². The molecule has 0 saturated carbocycles. The molecule has 0 aromatic heterocycles. The van der Waals surface area contributed by atoms with Crippen molar-refractivity contribution in [2.24, 2.45) is 5.92 Å². The first-order valence-corrected chi connectivity index (χ1v) is 5.80. The zero-order valence-electron chi connectivity index (χ0n) is 10.9. The van der Waals surface area contributed by atoms with Gasteiger partial charge in [0.15, 0.2) is 0 Å². The maximum Gasteiger partial charge on any atom is 0.224 e. The summed E-state index contributed by atoms with van der Waals surface area (Å²) < 4.78 is 0. The summed E-state index contributed by atoms with van der Waals surface area (Å²) >= 11 is 0. The molecule has 1 atom stereocenters. The van der Waals surface area contributed by atoms with E-state index in [-0.39, 0.29) is 36.6 Å². The summed E-state index contributed by atoms with van der Waals surface area (Å²) in [5.41, 5.74) is 0. The van der Waals surface area contributed by atoms with Gasteiger partial charge in [-0.2, -0.15) is 0 Å². The van der Waals surface area contributed by atoms with Crippen molar-refractivity contribution < 1.29 is 4.79 Å². The molecule has 0 radical (unpaired) electrons. The fraction of sp³-hybridized carbons (Fsp3) is 0.909. The highest BCUT2D eigenvalue weighted by molar-refractivity contribution is 5.85. The minimum atomic E-state index is 0. The Kier molecular flexibility index (Phi) is 11.3. The smallest absolute Gasteiger partial charge is 0.224 e. The molecule has 1 amide bonds. The number of amides is 1. The summed E-state index contributed by atoms with van der Waals surface area (Å²) in [6.45, 7) is 7.80. The molecule has 4 nitrogen and oxygen atoms in total. The fourth-order valence-electron chi connectivity index (χ4n) is 1.64. The Morgan fingerprint density at radius 2 is 2.12 bits per heavy atom. The number of hydrogen-bond acceptors (Lipinski definition) is 3. The van der Waals surface area contributed by atoms with Crippen LogP contribution in [0.3, 0.4) is 0 Å². The SMILES string of the molecule is CC(C)N(C)CCNC(=O)C1CCNC1.Cl.Cl. The van der Waals surface area contributed by atoms with Gasteiger partial charge in [0.25, 0.3) is 0 Å². The molecule has 1 aliphatic heterocycles. The zero-order chi connectivity index (χ0) is 11.3. The number of nitrogens with one attached hydrogen (secondary N) is 2. The standard InChI is InChI=1S/C11H23N3O.2ClH/c1-9(2)14(3)7-6-13-11(15)10-4-5-12-8-10;;/h9-10,12H,4-8H2,1-3H3,(H,13,15);2*1H. The molecule has 0 aliphatic carbocycles. The van der Waals surface area contributed by atoms with Crippen molar-refractivity contribution in [2.75, 3.05) is 33.2 Å². The lowest BCUT2D eigenvalue weighted by atomic mass is 10.1. The van der Waals surface area contributed by atoms with Gasteiger partial charge in [0.1, 0.15) is 0 Å². The second-order valence-electron chi connectivity index (χ2n) is 4.56. The monoisotopic (exact) mass is 285 g/mol. The number of carbonyl (C=O) groups is 1. The van der Waals surface area contributed by atoms with Gasteiger partial charge in [-0.3, -0.25) is 4.79 Å². The fourth-order valence-corrected chi connectivity index (χ4v) is 1.64. The van der Waals surface area contributed by atoms with Crippen LogP contribution in [0.15, 0.2) is 0 Å². The van der Waals surface area contributed by atoms with Crippen molar-refractivity contribution in [3.05, 3.63) is 0 Å². The van der Waals surface area contributed by atoms with Crippen LogP contribution < -0.4 is 10.6 Å². The van der Waals surface area contributed by atoms with E-state index in [1.54, 1.807) is 0 Å². The number of halogens is 2. The second-order valence-corrected chi connectivity index (χ2v) is 4.56. The topological polar surface area (TPSA) is 44.4 Å². The largest absolute Gasteiger partial charge is 0.355 e. The summed E-state index contributed by atoms with van der Waals surface area (Å²) in [5.74, 6) is 0.395. The molecule has 1 fully saturated rings. The van der Waals surface area contributed by atoms with Crippen LogP contribution in [-0.2, 0) is 4.79 Å². The van der Waals surface area contributed by atoms with Crippen molar-refractivity contribution in [3.63, 3.8) is 0 Å². The maximum atomic E-state index is 11.6. The van der Waals surface area contributed by atoms with Gasteiger partial charge in [0, 0.05) is 25.7 Å². The van der Waals surface area contributed by atoms with E-state index >= 15 is 0 Å². The van der Waals surface area contributed by atoms with E-state index in [4.69, 9.17) is 0 Å². The van der Waals surface area contributed by atoms with Gasteiger partial charge >= 0.3 is 0 Å². The Morgan fingerprint density at radius 1 is 1.47 bits per heavy atom. The molecule has 1 heterocycles. The molecular weight excluding hydrogens is 261 g/mol. The van der Waals surface area contributed by atoms with Crippen LogP contribution in [-0.4, -0.2) is 50.1 Å². The molecule has 17 heavy (non-hydrogen) atoms. The van der Waals surface area contributed by atoms with E-state index in [1.165, 1.54) is 0 Å². The van der Waals surface area contributed by atoms with E-state index in [1.807, 2.05) is 0 Å². The highest BCUT2D eigenvalue weighted by Crippen LogP contribution is 2.06. The summed E-state index contributed by atoms with van der Waals surface area (Å²) in [7, 11) is 2.08. The van der Waals surface area contributed by atoms with Crippen LogP contribution in [0, 0.1) is 5.92 Å². The van der Waals surface area contributed by atoms with E-state index in [0.29, 0.717) is 6.04 Å². The Hall–Kier alpha value is -0.0300. The molecule has 104 valence electrons. The molecule has 1 saturated heterocycles. The summed E-state index contributed by atoms with van der Waals surface area (Å²) in [6.07, 6.45) is 0.978. The van der Waals surface area contributed by atoms with Crippen LogP contribution in [0.5, 0.6) is 0 Å². The van der Waals surface area contributed by atoms with E-state index in [2.05, 4.69) is 36.4 Å². The third-order valence-corrected chi connectivity index (χ3v) is 3.08. The maximum absolute atomic E-state index is 11.6. The van der Waals surface area contributed by atoms with Crippen molar-refractivity contribution in [1.82, 2.24) is 15.5 Å². The van der Waals surface area contributed by atoms with Crippen LogP contribution >= 0.6 is 24.8 Å². The van der Waals surface area contributed by atoms with Crippen molar-refractivity contribution in [1.29, 1.82) is 0 Å². The normalized spacial score (nSPS) is 18.8. The molecule has 1 unspecified atom stereocenters. The highest BCUT2D eigenvalue weighted by atomic mass is 35.5. The number of likely N-dealkylation sites (N-methyl/N-ethyl adjacent to an activating group) is 1. The third kappa shape index (κ3) is 7.09. The van der Waals surface area contributed by atoms with E-state index < -0.39 is 0 Å². The second kappa shape index (κ2) is 9.95. The third-order valence-electron chi connectivity index (χ3n) is 3.08. The van der Waals surface area contributed by atoms with Crippen LogP contribution in [0.4, 0.5) is 0 Å². The zero-order valence-corrected chi connectivity index (χ0v) is 12.5. The molecule has 0 bridgehead atoms. The average molecular weight is 286 g/mol. The number of carbonyl (C=O) groups excluding carboxylic acids is 1. The first-order chi connectivity index (χ1) is 7.11. The lowest BCUT2D eigenvalue weighted by Gasteiger charge is -2.21. The first-order valence-electron chi connectivity index (χ1n) is 5.80. The number of hydrogen-bond donors (Lipinski definition) is 2. The van der Waals surface area contributed by atoms with Crippen molar-refractivity contribution in [2.45, 2.75) is 26.3 Å². The van der Waals surface area contributed by atoms with Gasteiger partial charge < -0.3 is 15.5 Å². The average Bonchev–Trinajstić information content (AvgIpc) is 2.70. The van der Waals surface area contributed by atoms with Crippen LogP contribution in [0.1, 0.15) is 20.3 Å². The van der Waals surface area contributed by atoms with E-state index in [9.17, 15) is 4.79 Å². The minimum absolute atomic E-state index is 0. The molecule has 1 rings (SSSR count). The lowest BCUT2D eigenvalue weighted by Crippen LogP contribution is -2.39. The first kappa shape index (κ1) is 19.3. The number of nitrogens with zero attached hydrogens (tertiary/aromatic N) is 1. The minimum Gasteiger partial charge on any atom is -0.355 e. The number of rotatable bonds is 5. The Balaban J connectivity index is 0. The van der Waals surface area contributed by atoms with Gasteiger partial charge in [0.05, 0.1) is 5.92 Å². The molecule has 0 aromatic carbocycles. The summed E-state index contributed by atoms with van der Waals surface area (Å²) in [4.78, 5) is 13.9. The Labute approximate surface area is 117 Å². The lowest BCUT2D eigenvalue weighted by molar-refractivity contribution is -0.124. The van der Waals surface area contributed by atoms with Gasteiger partial charge in [-0.15, -0.1) is 24.8 Å². The predicted octanol–water partition coefficient (Wildman–Crippen LogP) is 0.896. The van der Waals surface area contributed by atoms with Gasteiger partial charge in [-0.1, -0.05) is 0 Å².